The van der Waals surface area contributed by atoms with Crippen molar-refractivity contribution in [3.05, 3.63) is 22.0 Å². The van der Waals surface area contributed by atoms with E-state index in [1.807, 2.05) is 0 Å². The third kappa shape index (κ3) is 2.79. The third-order valence-corrected chi connectivity index (χ3v) is 4.94. The molecule has 0 bridgehead atoms. The van der Waals surface area contributed by atoms with E-state index in [1.54, 1.807) is 11.3 Å². The van der Waals surface area contributed by atoms with E-state index >= 15 is 0 Å². The van der Waals surface area contributed by atoms with E-state index in [9.17, 15) is 9.90 Å². The summed E-state index contributed by atoms with van der Waals surface area (Å²) in [5.41, 5.74) is 1.42. The fraction of sp³-hybridized carbons (Fsp3) is 0.562. The van der Waals surface area contributed by atoms with Crippen LogP contribution in [0.5, 0.6) is 0 Å². The Morgan fingerprint density at radius 2 is 1.95 bits per heavy atom. The maximum Gasteiger partial charge on any atom is 0.355 e. The maximum absolute atomic E-state index is 11.6. The molecule has 0 radical (unpaired) electrons. The number of nitrogens with zero attached hydrogens (tertiary/aromatic N) is 2. The van der Waals surface area contributed by atoms with Gasteiger partial charge in [0.25, 0.3) is 0 Å². The van der Waals surface area contributed by atoms with Crippen LogP contribution in [-0.4, -0.2) is 21.0 Å². The van der Waals surface area contributed by atoms with Gasteiger partial charge in [0.1, 0.15) is 10.7 Å². The fourth-order valence-corrected chi connectivity index (χ4v) is 4.19. The fourth-order valence-electron chi connectivity index (χ4n) is 2.91. The Bertz CT molecular complexity index is 713. The molecular formula is C16H20N2O2S. The summed E-state index contributed by atoms with van der Waals surface area (Å²) in [5, 5.41) is 10.3. The van der Waals surface area contributed by atoms with E-state index in [-0.39, 0.29) is 11.1 Å². The van der Waals surface area contributed by atoms with E-state index in [2.05, 4.69) is 30.7 Å². The highest BCUT2D eigenvalue weighted by Crippen LogP contribution is 2.37. The summed E-state index contributed by atoms with van der Waals surface area (Å²) in [6.45, 7) is 6.33. The summed E-state index contributed by atoms with van der Waals surface area (Å²) in [4.78, 5) is 22.8. The molecule has 3 rings (SSSR count). The molecule has 2 heterocycles. The molecule has 1 aliphatic carbocycles. The van der Waals surface area contributed by atoms with E-state index in [0.717, 1.165) is 29.5 Å². The molecule has 0 atom stereocenters. The largest absolute Gasteiger partial charge is 0.476 e. The first-order valence-corrected chi connectivity index (χ1v) is 8.21. The molecule has 0 fully saturated rings. The number of carboxylic acid groups (broad SMARTS) is 1. The molecule has 1 N–H and O–H groups in total. The number of hydrogen-bond donors (Lipinski definition) is 1. The smallest absolute Gasteiger partial charge is 0.355 e. The minimum Gasteiger partial charge on any atom is -0.476 e. The van der Waals surface area contributed by atoms with Crippen LogP contribution in [0.1, 0.15) is 60.4 Å². The number of carboxylic acids is 1. The molecule has 0 amide bonds. The minimum absolute atomic E-state index is 0.0420. The zero-order chi connectivity index (χ0) is 15.2. The van der Waals surface area contributed by atoms with Crippen LogP contribution in [0.3, 0.4) is 0 Å². The Hall–Kier alpha value is -1.49. The minimum atomic E-state index is -0.941. The van der Waals surface area contributed by atoms with Crippen molar-refractivity contribution < 1.29 is 9.90 Å². The molecule has 2 aromatic rings. The summed E-state index contributed by atoms with van der Waals surface area (Å²) in [7, 11) is 0. The third-order valence-electron chi connectivity index (χ3n) is 3.75. The van der Waals surface area contributed by atoms with Crippen LogP contribution in [-0.2, 0) is 19.3 Å². The lowest BCUT2D eigenvalue weighted by Crippen LogP contribution is -2.14. The van der Waals surface area contributed by atoms with Crippen molar-refractivity contribution in [3.8, 4) is 0 Å². The lowest BCUT2D eigenvalue weighted by Gasteiger charge is -2.17. The molecule has 4 nitrogen and oxygen atoms in total. The van der Waals surface area contributed by atoms with Gasteiger partial charge in [-0.1, -0.05) is 20.8 Å². The Labute approximate surface area is 128 Å². The summed E-state index contributed by atoms with van der Waals surface area (Å²) < 4.78 is 0. The van der Waals surface area contributed by atoms with Crippen molar-refractivity contribution in [2.75, 3.05) is 0 Å². The van der Waals surface area contributed by atoms with Gasteiger partial charge in [0.15, 0.2) is 5.69 Å². The first kappa shape index (κ1) is 14.4. The number of hydrogen-bond acceptors (Lipinski definition) is 4. The number of rotatable bonds is 2. The number of carbonyl (C=O) groups is 1. The summed E-state index contributed by atoms with van der Waals surface area (Å²) in [6, 6.07) is 0. The van der Waals surface area contributed by atoms with Crippen molar-refractivity contribution in [2.24, 2.45) is 5.41 Å². The van der Waals surface area contributed by atoms with Gasteiger partial charge in [-0.05, 0) is 36.7 Å². The average molecular weight is 304 g/mol. The predicted octanol–water partition coefficient (Wildman–Crippen LogP) is 3.86. The van der Waals surface area contributed by atoms with Crippen molar-refractivity contribution in [1.82, 2.24) is 9.97 Å². The van der Waals surface area contributed by atoms with Gasteiger partial charge in [0, 0.05) is 16.7 Å². The highest BCUT2D eigenvalue weighted by Gasteiger charge is 2.25. The zero-order valence-electron chi connectivity index (χ0n) is 12.7. The van der Waals surface area contributed by atoms with Crippen LogP contribution < -0.4 is 0 Å². The molecule has 2 aromatic heterocycles. The summed E-state index contributed by atoms with van der Waals surface area (Å²) in [6.07, 6.45) is 5.00. The van der Waals surface area contributed by atoms with Crippen LogP contribution in [0.4, 0.5) is 0 Å². The average Bonchev–Trinajstić information content (AvgIpc) is 2.73. The molecule has 112 valence electrons. The van der Waals surface area contributed by atoms with Crippen molar-refractivity contribution in [1.29, 1.82) is 0 Å². The van der Waals surface area contributed by atoms with E-state index < -0.39 is 5.97 Å². The molecule has 0 aromatic carbocycles. The van der Waals surface area contributed by atoms with Gasteiger partial charge in [0.2, 0.25) is 0 Å². The molecule has 5 heteroatoms. The second kappa shape index (κ2) is 5.05. The number of aryl methyl sites for hydroxylation is 2. The normalized spacial score (nSPS) is 15.2. The van der Waals surface area contributed by atoms with Gasteiger partial charge in [0.05, 0.1) is 0 Å². The van der Waals surface area contributed by atoms with Crippen LogP contribution >= 0.6 is 11.3 Å². The Balaban J connectivity index is 2.21. The van der Waals surface area contributed by atoms with Crippen LogP contribution in [0.25, 0.3) is 10.2 Å². The van der Waals surface area contributed by atoms with Gasteiger partial charge in [-0.3, -0.25) is 0 Å². The molecule has 0 saturated carbocycles. The van der Waals surface area contributed by atoms with Crippen molar-refractivity contribution >= 4 is 27.5 Å². The molecule has 0 unspecified atom stereocenters. The van der Waals surface area contributed by atoms with E-state index in [4.69, 9.17) is 0 Å². The lowest BCUT2D eigenvalue weighted by atomic mass is 9.91. The number of aromatic nitrogens is 2. The number of aromatic carboxylic acids is 1. The Kier molecular flexibility index (Phi) is 3.48. The first-order valence-electron chi connectivity index (χ1n) is 7.39. The molecule has 0 aliphatic heterocycles. The zero-order valence-corrected chi connectivity index (χ0v) is 13.5. The highest BCUT2D eigenvalue weighted by molar-refractivity contribution is 7.18. The highest BCUT2D eigenvalue weighted by atomic mass is 32.1. The van der Waals surface area contributed by atoms with Gasteiger partial charge in [-0.2, -0.15) is 0 Å². The number of thiophene rings is 1. The maximum atomic E-state index is 11.6. The topological polar surface area (TPSA) is 63.1 Å². The van der Waals surface area contributed by atoms with E-state index in [0.29, 0.717) is 12.2 Å². The molecular weight excluding hydrogens is 284 g/mol. The molecule has 0 spiro atoms. The second-order valence-corrected chi connectivity index (χ2v) is 8.01. The van der Waals surface area contributed by atoms with Gasteiger partial charge in [-0.15, -0.1) is 11.3 Å². The lowest BCUT2D eigenvalue weighted by molar-refractivity contribution is 0.0692. The predicted molar refractivity (Wildman–Crippen MR) is 84.2 cm³/mol. The Morgan fingerprint density at radius 1 is 1.24 bits per heavy atom. The van der Waals surface area contributed by atoms with Crippen molar-refractivity contribution in [2.45, 2.75) is 52.9 Å². The van der Waals surface area contributed by atoms with Gasteiger partial charge < -0.3 is 5.11 Å². The Morgan fingerprint density at radius 3 is 2.62 bits per heavy atom. The van der Waals surface area contributed by atoms with Gasteiger partial charge in [-0.25, -0.2) is 14.8 Å². The summed E-state index contributed by atoms with van der Waals surface area (Å²) in [5.74, 6) is -0.297. The standard InChI is InChI=1S/C16H20N2O2S/c1-16(2,3)8-11-17-13(15(19)20)12-9-6-4-5-7-10(9)21-14(12)18-11/h4-8H2,1-3H3,(H,19,20). The number of fused-ring (bicyclic) bond motifs is 3. The van der Waals surface area contributed by atoms with Crippen molar-refractivity contribution in [3.63, 3.8) is 0 Å². The van der Waals surface area contributed by atoms with Crippen LogP contribution in [0.2, 0.25) is 0 Å². The first-order chi connectivity index (χ1) is 9.85. The quantitative estimate of drug-likeness (QED) is 0.915. The molecule has 1 aliphatic rings. The monoisotopic (exact) mass is 304 g/mol. The molecule has 0 saturated heterocycles. The van der Waals surface area contributed by atoms with Gasteiger partial charge >= 0.3 is 5.97 Å². The van der Waals surface area contributed by atoms with E-state index in [1.165, 1.54) is 16.9 Å². The SMILES string of the molecule is CC(C)(C)Cc1nc(C(=O)O)c2c3c(sc2n1)CCCC3. The van der Waals surface area contributed by atoms with Crippen LogP contribution in [0, 0.1) is 5.41 Å². The van der Waals surface area contributed by atoms with Crippen LogP contribution in [0.15, 0.2) is 0 Å². The summed E-state index contributed by atoms with van der Waals surface area (Å²) >= 11 is 1.66. The second-order valence-electron chi connectivity index (χ2n) is 6.92. The molecule has 21 heavy (non-hydrogen) atoms.